The van der Waals surface area contributed by atoms with Gasteiger partial charge in [-0.25, -0.2) is 0 Å². The molecule has 6 aliphatic heterocycles. The van der Waals surface area contributed by atoms with E-state index in [-0.39, 0.29) is 0 Å². The van der Waals surface area contributed by atoms with Crippen LogP contribution in [0.25, 0.3) is 0 Å². The molecule has 12 nitrogen and oxygen atoms in total. The predicted octanol–water partition coefficient (Wildman–Crippen LogP) is 7.58. The smallest absolute Gasteiger partial charge is 0.0832 e. The van der Waals surface area contributed by atoms with E-state index < -0.39 is 0 Å². The van der Waals surface area contributed by atoms with Gasteiger partial charge < -0.3 is 52.9 Å². The summed E-state index contributed by atoms with van der Waals surface area (Å²) in [5, 5.41) is 0. The molecule has 0 saturated carbocycles. The van der Waals surface area contributed by atoms with Crippen LogP contribution in [0.15, 0.2) is 0 Å². The van der Waals surface area contributed by atoms with Gasteiger partial charge in [-0.3, -0.25) is 4.90 Å². The number of unbranched alkanes of at least 4 members (excludes halogenated alkanes) is 1. The molecule has 0 spiro atoms. The van der Waals surface area contributed by atoms with Crippen molar-refractivity contribution in [2.24, 2.45) is 11.8 Å². The van der Waals surface area contributed by atoms with Gasteiger partial charge in [-0.2, -0.15) is 0 Å². The van der Waals surface area contributed by atoms with Crippen LogP contribution in [-0.2, 0) is 28.4 Å². The Hall–Kier alpha value is -0.480. The molecule has 6 saturated heterocycles. The van der Waals surface area contributed by atoms with Gasteiger partial charge in [0.2, 0.25) is 0 Å². The molecule has 0 aromatic heterocycles. The average molecular weight is 901 g/mol. The molecular weight excluding hydrogens is 793 g/mol. The Balaban J connectivity index is 0.000000379. The summed E-state index contributed by atoms with van der Waals surface area (Å²) in [5.41, 5.74) is 0. The summed E-state index contributed by atoms with van der Waals surface area (Å²) in [6.45, 7) is 44.3. The SMILES string of the molecule is CC(C)OC1CN(C)C1.CC(C)OCC1CCN1C.CC(C)OCC1CN(C)C1.CC(C)OCCC1CCN1C.CC(C)OCCC1CN(C)C1.CCCCN1CC(OC(C)C)C1. The second-order valence-electron chi connectivity index (χ2n) is 21.1. The molecule has 0 bridgehead atoms. The highest BCUT2D eigenvalue weighted by Crippen LogP contribution is 2.19. The number of hydrogen-bond acceptors (Lipinski definition) is 12. The molecule has 6 aliphatic rings. The Labute approximate surface area is 391 Å². The van der Waals surface area contributed by atoms with Gasteiger partial charge in [0.25, 0.3) is 0 Å². The lowest BCUT2D eigenvalue weighted by Crippen LogP contribution is -2.52. The fourth-order valence-corrected chi connectivity index (χ4v) is 7.87. The van der Waals surface area contributed by atoms with Crippen LogP contribution in [0.3, 0.4) is 0 Å². The van der Waals surface area contributed by atoms with Crippen molar-refractivity contribution in [3.63, 3.8) is 0 Å². The minimum atomic E-state index is 0.383. The quantitative estimate of drug-likeness (QED) is 0.114. The van der Waals surface area contributed by atoms with Gasteiger partial charge >= 0.3 is 0 Å². The van der Waals surface area contributed by atoms with E-state index in [9.17, 15) is 0 Å². The highest BCUT2D eigenvalue weighted by atomic mass is 16.5. The number of ether oxygens (including phenoxy) is 6. The van der Waals surface area contributed by atoms with Gasteiger partial charge in [-0.15, -0.1) is 0 Å². The van der Waals surface area contributed by atoms with Crippen LogP contribution in [0, 0.1) is 11.8 Å². The lowest BCUT2D eigenvalue weighted by molar-refractivity contribution is -0.0804. The fourth-order valence-electron chi connectivity index (χ4n) is 7.87. The standard InChI is InChI=1S/C10H21NO.2C9H19NO.2C8H17NO.C7H15NO/c1-4-5-6-11-7-10(8-11)12-9(2)3;1-8(2)11-7-5-9-4-6-10(9)3;1-8(2)11-5-4-9-6-10(3)7-9;1-7(2)10-6-8-4-9(3)5-8;1-7(2)10-6-8-4-5-9(8)3;1-6(2)9-7-4-8(3)5-7/h9-10H,4-8H2,1-3H3;2*8-9H,4-7H2,1-3H3;2*7-8H,4-6H2,1-3H3;6-7H,4-5H2,1-3H3. The van der Waals surface area contributed by atoms with Crippen LogP contribution in [0.1, 0.15) is 129 Å². The van der Waals surface area contributed by atoms with E-state index in [1.165, 1.54) is 84.3 Å². The van der Waals surface area contributed by atoms with Crippen molar-refractivity contribution in [3.05, 3.63) is 0 Å². The molecule has 378 valence electrons. The second-order valence-corrected chi connectivity index (χ2v) is 21.1. The molecule has 0 aromatic carbocycles. The first-order valence-corrected chi connectivity index (χ1v) is 25.6. The third-order valence-corrected chi connectivity index (χ3v) is 12.0. The second kappa shape index (κ2) is 34.8. The summed E-state index contributed by atoms with van der Waals surface area (Å²) < 4.78 is 33.0. The third kappa shape index (κ3) is 31.2. The van der Waals surface area contributed by atoms with Crippen molar-refractivity contribution in [2.45, 2.75) is 189 Å². The van der Waals surface area contributed by atoms with Crippen LogP contribution < -0.4 is 0 Å². The van der Waals surface area contributed by atoms with Crippen LogP contribution in [-0.4, -0.2) is 224 Å². The Morgan fingerprint density at radius 3 is 1.22 bits per heavy atom. The molecule has 0 aliphatic carbocycles. The largest absolute Gasteiger partial charge is 0.379 e. The van der Waals surface area contributed by atoms with Crippen LogP contribution in [0.2, 0.25) is 0 Å². The number of nitrogens with zero attached hydrogens (tertiary/aromatic N) is 6. The predicted molar refractivity (Wildman–Crippen MR) is 266 cm³/mol. The molecule has 2 unspecified atom stereocenters. The molecule has 0 aromatic rings. The summed E-state index contributed by atoms with van der Waals surface area (Å²) in [6.07, 6.45) is 11.1. The van der Waals surface area contributed by atoms with Crippen molar-refractivity contribution in [2.75, 3.05) is 134 Å². The Morgan fingerprint density at radius 1 is 0.444 bits per heavy atom. The van der Waals surface area contributed by atoms with Gasteiger partial charge in [-0.05, 0) is 176 Å². The zero-order valence-electron chi connectivity index (χ0n) is 44.9. The van der Waals surface area contributed by atoms with Gasteiger partial charge in [-0.1, -0.05) is 13.3 Å². The van der Waals surface area contributed by atoms with Crippen molar-refractivity contribution in [1.29, 1.82) is 0 Å². The Bertz CT molecular complexity index is 1050. The highest BCUT2D eigenvalue weighted by molar-refractivity contribution is 4.82. The summed E-state index contributed by atoms with van der Waals surface area (Å²) in [5.74, 6) is 1.70. The lowest BCUT2D eigenvalue weighted by atomic mass is 9.98. The molecule has 12 heteroatoms. The first-order chi connectivity index (χ1) is 29.7. The Morgan fingerprint density at radius 2 is 0.857 bits per heavy atom. The molecule has 6 heterocycles. The normalized spacial score (nSPS) is 22.9. The first kappa shape index (κ1) is 60.5. The van der Waals surface area contributed by atoms with Gasteiger partial charge in [0.15, 0.2) is 0 Å². The Kier molecular flexibility index (Phi) is 33.4. The first-order valence-electron chi connectivity index (χ1n) is 25.6. The molecule has 2 atom stereocenters. The van der Waals surface area contributed by atoms with Crippen molar-refractivity contribution >= 4 is 0 Å². The molecule has 0 N–H and O–H groups in total. The fraction of sp³-hybridized carbons (Fsp3) is 1.00. The summed E-state index contributed by atoms with van der Waals surface area (Å²) >= 11 is 0. The van der Waals surface area contributed by atoms with Crippen LogP contribution in [0.5, 0.6) is 0 Å². The lowest BCUT2D eigenvalue weighted by Gasteiger charge is -2.39. The average Bonchev–Trinajstić information content (AvgIpc) is 3.13. The van der Waals surface area contributed by atoms with Crippen LogP contribution in [0.4, 0.5) is 0 Å². The zero-order valence-corrected chi connectivity index (χ0v) is 44.9. The maximum Gasteiger partial charge on any atom is 0.0832 e. The zero-order chi connectivity index (χ0) is 47.5. The van der Waals surface area contributed by atoms with E-state index in [0.29, 0.717) is 54.9 Å². The summed E-state index contributed by atoms with van der Waals surface area (Å²) in [6, 6.07) is 1.50. The van der Waals surface area contributed by atoms with Crippen LogP contribution >= 0.6 is 0 Å². The molecule has 63 heavy (non-hydrogen) atoms. The molecule has 0 radical (unpaired) electrons. The maximum absolute atomic E-state index is 5.65. The van der Waals surface area contributed by atoms with Gasteiger partial charge in [0.1, 0.15) is 0 Å². The molecule has 6 fully saturated rings. The van der Waals surface area contributed by atoms with Crippen molar-refractivity contribution < 1.29 is 28.4 Å². The van der Waals surface area contributed by atoms with E-state index >= 15 is 0 Å². The third-order valence-electron chi connectivity index (χ3n) is 12.0. The van der Waals surface area contributed by atoms with E-state index in [0.717, 1.165) is 70.5 Å². The number of likely N-dealkylation sites (tertiary alicyclic amines) is 6. The van der Waals surface area contributed by atoms with Crippen molar-refractivity contribution in [1.82, 2.24) is 29.4 Å². The van der Waals surface area contributed by atoms with Gasteiger partial charge in [0.05, 0.1) is 62.0 Å². The monoisotopic (exact) mass is 901 g/mol. The number of hydrogen-bond donors (Lipinski definition) is 0. The molecule has 0 amide bonds. The van der Waals surface area contributed by atoms with Crippen molar-refractivity contribution in [3.8, 4) is 0 Å². The minimum Gasteiger partial charge on any atom is -0.379 e. The van der Waals surface area contributed by atoms with E-state index in [4.69, 9.17) is 28.4 Å². The minimum absolute atomic E-state index is 0.383. The topological polar surface area (TPSA) is 74.8 Å². The highest BCUT2D eigenvalue weighted by Gasteiger charge is 2.28. The summed E-state index contributed by atoms with van der Waals surface area (Å²) in [7, 11) is 10.8. The van der Waals surface area contributed by atoms with E-state index in [2.05, 4.69) is 155 Å². The number of rotatable bonds is 21. The van der Waals surface area contributed by atoms with E-state index in [1.807, 2.05) is 0 Å². The summed E-state index contributed by atoms with van der Waals surface area (Å²) in [4.78, 5) is 14.1. The maximum atomic E-state index is 5.65. The number of likely N-dealkylation sites (N-methyl/N-ethyl adjacent to an activating group) is 2. The molecule has 6 rings (SSSR count). The van der Waals surface area contributed by atoms with E-state index in [1.54, 1.807) is 0 Å². The molecular formula is C51H108N6O6. The van der Waals surface area contributed by atoms with Gasteiger partial charge in [0, 0.05) is 83.6 Å².